The number of sulfonamides is 1. The van der Waals surface area contributed by atoms with Crippen LogP contribution in [0.2, 0.25) is 0 Å². The summed E-state index contributed by atoms with van der Waals surface area (Å²) in [5.41, 5.74) is 0.872. The molecule has 106 valence electrons. The maximum atomic E-state index is 12.3. The Morgan fingerprint density at radius 3 is 2.52 bits per heavy atom. The van der Waals surface area contributed by atoms with E-state index in [9.17, 15) is 8.42 Å². The van der Waals surface area contributed by atoms with E-state index >= 15 is 0 Å². The molecule has 1 N–H and O–H groups in total. The summed E-state index contributed by atoms with van der Waals surface area (Å²) in [6.45, 7) is 0. The molecule has 7 nitrogen and oxygen atoms in total. The first-order valence-corrected chi connectivity index (χ1v) is 7.37. The van der Waals surface area contributed by atoms with Gasteiger partial charge in [0.2, 0.25) is 0 Å². The first-order chi connectivity index (χ1) is 9.97. The van der Waals surface area contributed by atoms with Crippen molar-refractivity contribution in [1.29, 1.82) is 10.5 Å². The minimum Gasteiger partial charge on any atom is -0.262 e. The minimum absolute atomic E-state index is 0.0503. The number of nitriles is 2. The number of hydrogen-bond acceptors (Lipinski definition) is 5. The van der Waals surface area contributed by atoms with Crippen LogP contribution in [0.15, 0.2) is 35.4 Å². The zero-order valence-electron chi connectivity index (χ0n) is 11.1. The van der Waals surface area contributed by atoms with Gasteiger partial charge in [-0.05, 0) is 17.7 Å². The topological polar surface area (TPSA) is 112 Å². The summed E-state index contributed by atoms with van der Waals surface area (Å²) in [6, 6.07) is 9.84. The predicted molar refractivity (Wildman–Crippen MR) is 74.5 cm³/mol. The number of nitrogens with zero attached hydrogens (tertiary/aromatic N) is 4. The van der Waals surface area contributed by atoms with Gasteiger partial charge in [-0.3, -0.25) is 9.40 Å². The van der Waals surface area contributed by atoms with Gasteiger partial charge in [-0.15, -0.1) is 0 Å². The lowest BCUT2D eigenvalue weighted by Crippen LogP contribution is -2.16. The van der Waals surface area contributed by atoms with Crippen molar-refractivity contribution < 1.29 is 8.42 Å². The molecule has 0 saturated heterocycles. The van der Waals surface area contributed by atoms with Crippen molar-refractivity contribution in [1.82, 2.24) is 9.78 Å². The van der Waals surface area contributed by atoms with E-state index in [-0.39, 0.29) is 22.7 Å². The molecule has 2 aromatic rings. The van der Waals surface area contributed by atoms with E-state index in [0.29, 0.717) is 0 Å². The van der Waals surface area contributed by atoms with Crippen LogP contribution >= 0.6 is 0 Å². The van der Waals surface area contributed by atoms with Crippen LogP contribution in [0.3, 0.4) is 0 Å². The molecule has 0 fully saturated rings. The van der Waals surface area contributed by atoms with Gasteiger partial charge in [0.15, 0.2) is 5.82 Å². The lowest BCUT2D eigenvalue weighted by molar-refractivity contribution is 0.600. The Morgan fingerprint density at radius 1 is 1.29 bits per heavy atom. The third kappa shape index (κ3) is 3.02. The van der Waals surface area contributed by atoms with Crippen molar-refractivity contribution in [3.05, 3.63) is 41.6 Å². The zero-order chi connectivity index (χ0) is 15.5. The summed E-state index contributed by atoms with van der Waals surface area (Å²) in [5, 5.41) is 21.3. The Balaban J connectivity index is 2.33. The number of aryl methyl sites for hydroxylation is 1. The van der Waals surface area contributed by atoms with Gasteiger partial charge >= 0.3 is 0 Å². The van der Waals surface area contributed by atoms with Crippen LogP contribution in [0.4, 0.5) is 5.82 Å². The molecule has 1 aromatic carbocycles. The summed E-state index contributed by atoms with van der Waals surface area (Å²) in [6.07, 6.45) is 1.50. The van der Waals surface area contributed by atoms with Crippen LogP contribution in [0, 0.1) is 22.7 Å². The molecule has 0 saturated carbocycles. The van der Waals surface area contributed by atoms with Gasteiger partial charge in [-0.2, -0.15) is 15.6 Å². The van der Waals surface area contributed by atoms with Gasteiger partial charge in [0.05, 0.1) is 23.6 Å². The summed E-state index contributed by atoms with van der Waals surface area (Å²) in [5.74, 6) is 0.110. The molecule has 0 amide bonds. The van der Waals surface area contributed by atoms with Crippen LogP contribution in [-0.4, -0.2) is 18.2 Å². The quantitative estimate of drug-likeness (QED) is 0.910. The molecule has 2 rings (SSSR count). The van der Waals surface area contributed by atoms with Crippen LogP contribution in [-0.2, 0) is 23.5 Å². The van der Waals surface area contributed by atoms with E-state index in [0.717, 1.165) is 5.56 Å². The first-order valence-electron chi connectivity index (χ1n) is 5.88. The lowest BCUT2D eigenvalue weighted by atomic mass is 10.2. The van der Waals surface area contributed by atoms with Crippen molar-refractivity contribution in [3.63, 3.8) is 0 Å². The Morgan fingerprint density at radius 2 is 1.95 bits per heavy atom. The molecule has 0 radical (unpaired) electrons. The Kier molecular flexibility index (Phi) is 3.92. The zero-order valence-corrected chi connectivity index (χ0v) is 11.9. The van der Waals surface area contributed by atoms with E-state index in [1.54, 1.807) is 12.1 Å². The molecule has 21 heavy (non-hydrogen) atoms. The molecule has 0 unspecified atom stereocenters. The molecule has 0 atom stereocenters. The van der Waals surface area contributed by atoms with Crippen molar-refractivity contribution in [2.45, 2.75) is 11.3 Å². The molecule has 1 heterocycles. The van der Waals surface area contributed by atoms with Crippen molar-refractivity contribution in [2.24, 2.45) is 7.05 Å². The molecular formula is C13H11N5O2S. The van der Waals surface area contributed by atoms with Crippen LogP contribution in [0.1, 0.15) is 11.1 Å². The Bertz CT molecular complexity index is 838. The maximum Gasteiger partial charge on any atom is 0.263 e. The average molecular weight is 301 g/mol. The van der Waals surface area contributed by atoms with E-state index < -0.39 is 10.0 Å². The predicted octanol–water partition coefficient (Wildman–Crippen LogP) is 1.16. The van der Waals surface area contributed by atoms with Gasteiger partial charge < -0.3 is 0 Å². The Hall–Kier alpha value is -2.84. The largest absolute Gasteiger partial charge is 0.263 e. The summed E-state index contributed by atoms with van der Waals surface area (Å²) in [7, 11) is -2.28. The highest BCUT2D eigenvalue weighted by Gasteiger charge is 2.18. The number of benzene rings is 1. The van der Waals surface area contributed by atoms with Crippen molar-refractivity contribution in [3.8, 4) is 12.1 Å². The van der Waals surface area contributed by atoms with Gasteiger partial charge in [-0.1, -0.05) is 12.1 Å². The standard InChI is InChI=1S/C13H11N5O2S/c1-18-13(11(8-15)9-16-18)17-21(19,20)12-4-2-10(3-5-12)6-7-14/h2-5,9,17H,6H2,1H3. The fraction of sp³-hybridized carbons (Fsp3) is 0.154. The monoisotopic (exact) mass is 301 g/mol. The minimum atomic E-state index is -3.81. The second kappa shape index (κ2) is 5.65. The number of rotatable bonds is 4. The first kappa shape index (κ1) is 14.6. The average Bonchev–Trinajstić information content (AvgIpc) is 2.80. The summed E-state index contributed by atoms with van der Waals surface area (Å²) in [4.78, 5) is 0.0503. The van der Waals surface area contributed by atoms with Gasteiger partial charge in [-0.25, -0.2) is 8.42 Å². The number of anilines is 1. The highest BCUT2D eigenvalue weighted by molar-refractivity contribution is 7.92. The highest BCUT2D eigenvalue weighted by Crippen LogP contribution is 2.19. The molecule has 0 aliphatic carbocycles. The van der Waals surface area contributed by atoms with E-state index in [1.807, 2.05) is 12.1 Å². The second-order valence-corrected chi connectivity index (χ2v) is 5.91. The van der Waals surface area contributed by atoms with Crippen molar-refractivity contribution in [2.75, 3.05) is 4.72 Å². The number of aromatic nitrogens is 2. The smallest absolute Gasteiger partial charge is 0.262 e. The van der Waals surface area contributed by atoms with E-state index in [2.05, 4.69) is 9.82 Å². The molecule has 0 aliphatic rings. The fourth-order valence-electron chi connectivity index (χ4n) is 1.70. The number of nitrogens with one attached hydrogen (secondary N) is 1. The van der Waals surface area contributed by atoms with Crippen LogP contribution in [0.25, 0.3) is 0 Å². The van der Waals surface area contributed by atoms with E-state index in [4.69, 9.17) is 10.5 Å². The van der Waals surface area contributed by atoms with Gasteiger partial charge in [0.1, 0.15) is 11.6 Å². The van der Waals surface area contributed by atoms with Gasteiger partial charge in [0.25, 0.3) is 10.0 Å². The summed E-state index contributed by atoms with van der Waals surface area (Å²) >= 11 is 0. The third-order valence-corrected chi connectivity index (χ3v) is 4.16. The van der Waals surface area contributed by atoms with Crippen molar-refractivity contribution >= 4 is 15.8 Å². The summed E-state index contributed by atoms with van der Waals surface area (Å²) < 4.78 is 28.1. The second-order valence-electron chi connectivity index (χ2n) is 4.23. The molecule has 8 heteroatoms. The van der Waals surface area contributed by atoms with Crippen LogP contribution < -0.4 is 4.72 Å². The van der Waals surface area contributed by atoms with Gasteiger partial charge in [0, 0.05) is 7.05 Å². The third-order valence-electron chi connectivity index (χ3n) is 2.81. The molecular weight excluding hydrogens is 290 g/mol. The molecule has 0 aliphatic heterocycles. The normalized spacial score (nSPS) is 10.6. The maximum absolute atomic E-state index is 12.3. The number of hydrogen-bond donors (Lipinski definition) is 1. The fourth-order valence-corrected chi connectivity index (χ4v) is 2.81. The Labute approximate surface area is 122 Å². The lowest BCUT2D eigenvalue weighted by Gasteiger charge is -2.09. The van der Waals surface area contributed by atoms with E-state index in [1.165, 1.54) is 30.1 Å². The highest BCUT2D eigenvalue weighted by atomic mass is 32.2. The van der Waals surface area contributed by atoms with Crippen LogP contribution in [0.5, 0.6) is 0 Å². The molecule has 1 aromatic heterocycles. The SMILES string of the molecule is Cn1ncc(C#N)c1NS(=O)(=O)c1ccc(CC#N)cc1. The molecule has 0 bridgehead atoms. The molecule has 0 spiro atoms.